The summed E-state index contributed by atoms with van der Waals surface area (Å²) in [6.45, 7) is 3.04. The maximum absolute atomic E-state index is 5.42. The standard InChI is InChI=1S/C12H25N.ClH/c1-2-3-4-5-6-7-8-9-10-11-12-13;/h3-4H,2,5-13H2,1H3;1H/b4-3+;. The van der Waals surface area contributed by atoms with Crippen LogP contribution in [0.4, 0.5) is 0 Å². The molecule has 0 fully saturated rings. The van der Waals surface area contributed by atoms with Crippen molar-refractivity contribution in [2.24, 2.45) is 5.73 Å². The van der Waals surface area contributed by atoms with Crippen molar-refractivity contribution in [3.05, 3.63) is 12.2 Å². The quantitative estimate of drug-likeness (QED) is 0.459. The van der Waals surface area contributed by atoms with Gasteiger partial charge in [0.1, 0.15) is 0 Å². The molecule has 0 heterocycles. The Hall–Kier alpha value is -0.0100. The summed E-state index contributed by atoms with van der Waals surface area (Å²) in [5.41, 5.74) is 5.42. The topological polar surface area (TPSA) is 26.0 Å². The molecule has 0 radical (unpaired) electrons. The first kappa shape index (κ1) is 16.4. The van der Waals surface area contributed by atoms with Gasteiger partial charge in [0.05, 0.1) is 0 Å². The average Bonchev–Trinajstić information content (AvgIpc) is 2.16. The van der Waals surface area contributed by atoms with Gasteiger partial charge >= 0.3 is 0 Å². The van der Waals surface area contributed by atoms with Gasteiger partial charge in [-0.25, -0.2) is 0 Å². The van der Waals surface area contributed by atoms with Crippen molar-refractivity contribution in [1.29, 1.82) is 0 Å². The first-order valence-corrected chi connectivity index (χ1v) is 5.77. The molecule has 2 heteroatoms. The Balaban J connectivity index is 0. The fourth-order valence-electron chi connectivity index (χ4n) is 1.40. The van der Waals surface area contributed by atoms with Crippen molar-refractivity contribution in [3.8, 4) is 0 Å². The van der Waals surface area contributed by atoms with Gasteiger partial charge in [-0.2, -0.15) is 0 Å². The molecule has 0 unspecified atom stereocenters. The minimum Gasteiger partial charge on any atom is -0.330 e. The van der Waals surface area contributed by atoms with Crippen LogP contribution < -0.4 is 5.73 Å². The maximum atomic E-state index is 5.42. The van der Waals surface area contributed by atoms with Crippen molar-refractivity contribution in [1.82, 2.24) is 0 Å². The van der Waals surface area contributed by atoms with Crippen molar-refractivity contribution in [3.63, 3.8) is 0 Å². The largest absolute Gasteiger partial charge is 0.330 e. The van der Waals surface area contributed by atoms with Crippen molar-refractivity contribution in [2.75, 3.05) is 6.54 Å². The predicted octanol–water partition coefficient (Wildman–Crippen LogP) is 4.06. The summed E-state index contributed by atoms with van der Waals surface area (Å²) in [5.74, 6) is 0. The molecule has 0 aromatic carbocycles. The highest BCUT2D eigenvalue weighted by molar-refractivity contribution is 5.85. The summed E-state index contributed by atoms with van der Waals surface area (Å²) in [6.07, 6.45) is 15.0. The van der Waals surface area contributed by atoms with E-state index in [1.807, 2.05) is 0 Å². The molecule has 0 saturated carbocycles. The average molecular weight is 220 g/mol. The highest BCUT2D eigenvalue weighted by Crippen LogP contribution is 2.07. The number of rotatable bonds is 9. The van der Waals surface area contributed by atoms with Gasteiger partial charge in [-0.05, 0) is 32.2 Å². The van der Waals surface area contributed by atoms with Gasteiger partial charge in [-0.1, -0.05) is 44.8 Å². The second kappa shape index (κ2) is 15.5. The summed E-state index contributed by atoms with van der Waals surface area (Å²) < 4.78 is 0. The van der Waals surface area contributed by atoms with Crippen LogP contribution in [0.25, 0.3) is 0 Å². The second-order valence-corrected chi connectivity index (χ2v) is 3.58. The molecule has 0 saturated heterocycles. The molecule has 0 aliphatic heterocycles. The Labute approximate surface area is 95.6 Å². The normalized spacial score (nSPS) is 10.4. The molecule has 0 rings (SSSR count). The molecule has 0 aromatic heterocycles. The molecule has 0 atom stereocenters. The van der Waals surface area contributed by atoms with Gasteiger partial charge in [0.15, 0.2) is 0 Å². The van der Waals surface area contributed by atoms with Crippen LogP contribution in [0.2, 0.25) is 0 Å². The van der Waals surface area contributed by atoms with Crippen molar-refractivity contribution >= 4 is 12.4 Å². The van der Waals surface area contributed by atoms with Crippen LogP contribution in [0.5, 0.6) is 0 Å². The molecule has 0 aliphatic carbocycles. The van der Waals surface area contributed by atoms with E-state index in [2.05, 4.69) is 19.1 Å². The summed E-state index contributed by atoms with van der Waals surface area (Å²) in [5, 5.41) is 0. The second-order valence-electron chi connectivity index (χ2n) is 3.58. The number of nitrogens with two attached hydrogens (primary N) is 1. The van der Waals surface area contributed by atoms with Crippen LogP contribution in [-0.4, -0.2) is 6.54 Å². The number of hydrogen-bond acceptors (Lipinski definition) is 1. The summed E-state index contributed by atoms with van der Waals surface area (Å²) >= 11 is 0. The number of allylic oxidation sites excluding steroid dienone is 2. The number of halogens is 1. The molecular weight excluding hydrogens is 194 g/mol. The van der Waals surface area contributed by atoms with Gasteiger partial charge < -0.3 is 5.73 Å². The zero-order valence-corrected chi connectivity index (χ0v) is 10.3. The molecular formula is C12H26ClN. The lowest BCUT2D eigenvalue weighted by molar-refractivity contribution is 0.600. The molecule has 0 amide bonds. The van der Waals surface area contributed by atoms with Gasteiger partial charge in [0.25, 0.3) is 0 Å². The fraction of sp³-hybridized carbons (Fsp3) is 0.833. The van der Waals surface area contributed by atoms with E-state index >= 15 is 0 Å². The summed E-state index contributed by atoms with van der Waals surface area (Å²) in [7, 11) is 0. The smallest absolute Gasteiger partial charge is 0.00773 e. The zero-order chi connectivity index (χ0) is 9.78. The van der Waals surface area contributed by atoms with Crippen LogP contribution in [0.1, 0.15) is 58.3 Å². The lowest BCUT2D eigenvalue weighted by Gasteiger charge is -1.98. The predicted molar refractivity (Wildman–Crippen MR) is 68.1 cm³/mol. The molecule has 0 bridgehead atoms. The SMILES string of the molecule is CC/C=C/CCCCCCCCN.Cl. The Morgan fingerprint density at radius 2 is 1.43 bits per heavy atom. The zero-order valence-electron chi connectivity index (χ0n) is 9.50. The fourth-order valence-corrected chi connectivity index (χ4v) is 1.40. The van der Waals surface area contributed by atoms with Crippen LogP contribution in [0.15, 0.2) is 12.2 Å². The molecule has 86 valence electrons. The highest BCUT2D eigenvalue weighted by Gasteiger charge is 1.88. The number of hydrogen-bond donors (Lipinski definition) is 1. The first-order valence-electron chi connectivity index (χ1n) is 5.77. The molecule has 2 N–H and O–H groups in total. The third-order valence-electron chi connectivity index (χ3n) is 2.23. The van der Waals surface area contributed by atoms with Crippen molar-refractivity contribution < 1.29 is 0 Å². The molecule has 0 spiro atoms. The van der Waals surface area contributed by atoms with Crippen LogP contribution >= 0.6 is 12.4 Å². The van der Waals surface area contributed by atoms with Gasteiger partial charge in [-0.3, -0.25) is 0 Å². The van der Waals surface area contributed by atoms with E-state index in [9.17, 15) is 0 Å². The monoisotopic (exact) mass is 219 g/mol. The van der Waals surface area contributed by atoms with E-state index < -0.39 is 0 Å². The first-order chi connectivity index (χ1) is 6.41. The van der Waals surface area contributed by atoms with E-state index in [0.29, 0.717) is 0 Å². The highest BCUT2D eigenvalue weighted by atomic mass is 35.5. The lowest BCUT2D eigenvalue weighted by Crippen LogP contribution is -1.97. The van der Waals surface area contributed by atoms with E-state index in [0.717, 1.165) is 6.54 Å². The third kappa shape index (κ3) is 14.5. The minimum absolute atomic E-state index is 0. The lowest BCUT2D eigenvalue weighted by atomic mass is 10.1. The van der Waals surface area contributed by atoms with Gasteiger partial charge in [0.2, 0.25) is 0 Å². The molecule has 14 heavy (non-hydrogen) atoms. The molecule has 0 aromatic rings. The Bertz CT molecular complexity index is 113. The van der Waals surface area contributed by atoms with Crippen molar-refractivity contribution in [2.45, 2.75) is 58.3 Å². The van der Waals surface area contributed by atoms with Gasteiger partial charge in [0, 0.05) is 0 Å². The van der Waals surface area contributed by atoms with E-state index in [1.165, 1.54) is 51.4 Å². The van der Waals surface area contributed by atoms with E-state index in [4.69, 9.17) is 5.73 Å². The summed E-state index contributed by atoms with van der Waals surface area (Å²) in [6, 6.07) is 0. The van der Waals surface area contributed by atoms with Crippen LogP contribution in [0.3, 0.4) is 0 Å². The number of unbranched alkanes of at least 4 members (excludes halogenated alkanes) is 6. The maximum Gasteiger partial charge on any atom is -0.00773 e. The van der Waals surface area contributed by atoms with E-state index in [1.54, 1.807) is 0 Å². The Kier molecular flexibility index (Phi) is 18.1. The minimum atomic E-state index is 0. The van der Waals surface area contributed by atoms with Gasteiger partial charge in [-0.15, -0.1) is 12.4 Å². The van der Waals surface area contributed by atoms with Crippen LogP contribution in [-0.2, 0) is 0 Å². The Morgan fingerprint density at radius 1 is 0.857 bits per heavy atom. The van der Waals surface area contributed by atoms with E-state index in [-0.39, 0.29) is 12.4 Å². The third-order valence-corrected chi connectivity index (χ3v) is 2.23. The molecule has 0 aliphatic rings. The summed E-state index contributed by atoms with van der Waals surface area (Å²) in [4.78, 5) is 0. The van der Waals surface area contributed by atoms with Crippen LogP contribution in [0, 0.1) is 0 Å². The molecule has 1 nitrogen and oxygen atoms in total. The Morgan fingerprint density at radius 3 is 2.00 bits per heavy atom.